The molecular weight excluding hydrogens is 845 g/mol. The third-order valence-corrected chi connectivity index (χ3v) is 16.2. The van der Waals surface area contributed by atoms with E-state index in [2.05, 4.69) is 261 Å². The van der Waals surface area contributed by atoms with Crippen LogP contribution >= 0.6 is 0 Å². The van der Waals surface area contributed by atoms with Crippen LogP contribution in [0.1, 0.15) is 86.3 Å². The van der Waals surface area contributed by atoms with Gasteiger partial charge in [-0.25, -0.2) is 0 Å². The van der Waals surface area contributed by atoms with Crippen LogP contribution in [0, 0.1) is 0 Å². The summed E-state index contributed by atoms with van der Waals surface area (Å²) in [5, 5.41) is 2.57. The number of para-hydroxylation sites is 2. The first kappa shape index (κ1) is 42.2. The molecule has 5 aliphatic carbocycles. The summed E-state index contributed by atoms with van der Waals surface area (Å²) in [6.07, 6.45) is 22.0. The van der Waals surface area contributed by atoms with E-state index in [0.29, 0.717) is 5.92 Å². The molecule has 0 spiro atoms. The van der Waals surface area contributed by atoms with Gasteiger partial charge < -0.3 is 9.47 Å². The monoisotopic (exact) mass is 900 g/mol. The maximum atomic E-state index is 3.97. The lowest BCUT2D eigenvalue weighted by Crippen LogP contribution is -2.33. The Morgan fingerprint density at radius 2 is 1.23 bits per heavy atom. The summed E-state index contributed by atoms with van der Waals surface area (Å²) >= 11 is 0. The number of benzene rings is 7. The van der Waals surface area contributed by atoms with E-state index in [1.54, 1.807) is 5.57 Å². The Balaban J connectivity index is 0.887. The van der Waals surface area contributed by atoms with Gasteiger partial charge in [-0.15, -0.1) is 5.73 Å². The molecule has 338 valence electrons. The molecule has 5 aliphatic rings. The highest BCUT2D eigenvalue weighted by atomic mass is 15.2. The summed E-state index contributed by atoms with van der Waals surface area (Å²) in [7, 11) is 0. The summed E-state index contributed by atoms with van der Waals surface area (Å²) in [5.41, 5.74) is 27.2. The average Bonchev–Trinajstić information content (AvgIpc) is 3.85. The molecule has 1 aromatic heterocycles. The van der Waals surface area contributed by atoms with Crippen molar-refractivity contribution in [2.24, 2.45) is 0 Å². The van der Waals surface area contributed by atoms with E-state index in [-0.39, 0.29) is 16.9 Å². The lowest BCUT2D eigenvalue weighted by molar-refractivity contribution is 0.615. The van der Waals surface area contributed by atoms with Crippen LogP contribution in [-0.4, -0.2) is 10.6 Å². The Hall–Kier alpha value is -7.90. The number of aromatic nitrogens is 1. The van der Waals surface area contributed by atoms with Crippen molar-refractivity contribution >= 4 is 44.2 Å². The Morgan fingerprint density at radius 1 is 0.557 bits per heavy atom. The first-order chi connectivity index (χ1) is 34.2. The van der Waals surface area contributed by atoms with Crippen molar-refractivity contribution in [3.8, 4) is 16.8 Å². The van der Waals surface area contributed by atoms with Crippen LogP contribution in [0.15, 0.2) is 241 Å². The predicted octanol–water partition coefficient (Wildman–Crippen LogP) is 17.2. The molecular formula is C68H56N2. The summed E-state index contributed by atoms with van der Waals surface area (Å²) in [6, 6.07) is 62.6. The number of fused-ring (bicyclic) bond motifs is 8. The Kier molecular flexibility index (Phi) is 9.88. The van der Waals surface area contributed by atoms with E-state index in [1.807, 2.05) is 0 Å². The van der Waals surface area contributed by atoms with Gasteiger partial charge in [0.2, 0.25) is 0 Å². The van der Waals surface area contributed by atoms with Crippen LogP contribution in [-0.2, 0) is 10.8 Å². The molecule has 8 aromatic rings. The highest BCUT2D eigenvalue weighted by molar-refractivity contribution is 6.10. The second kappa shape index (κ2) is 16.4. The quantitative estimate of drug-likeness (QED) is 0.145. The topological polar surface area (TPSA) is 8.17 Å². The minimum absolute atomic E-state index is 0.0212. The smallest absolute Gasteiger partial charge is 0.0709 e. The van der Waals surface area contributed by atoms with E-state index in [0.717, 1.165) is 19.3 Å². The SMILES string of the molecule is CC1(C)C2=C=C(/C=C\C(N(C3=CC=C(c4ccc5c(c4)c4ccccc4n5-c4ccccc4)CC3)c3ccc(-c4ccccc4)cc3)C=C2)c2cc3c(cc21)C1CC=CC(c2ccccc2)=C1C3(C)C. The molecule has 0 fully saturated rings. The third-order valence-electron chi connectivity index (χ3n) is 16.2. The van der Waals surface area contributed by atoms with Gasteiger partial charge in [-0.2, -0.15) is 0 Å². The molecule has 2 bridgehead atoms. The fraction of sp³-hybridized carbons (Fsp3) is 0.162. The molecule has 0 saturated carbocycles. The van der Waals surface area contributed by atoms with E-state index in [4.69, 9.17) is 0 Å². The largest absolute Gasteiger partial charge is 0.335 e. The first-order valence-electron chi connectivity index (χ1n) is 25.2. The van der Waals surface area contributed by atoms with Crippen LogP contribution in [0.4, 0.5) is 5.69 Å². The highest BCUT2D eigenvalue weighted by Crippen LogP contribution is 2.58. The van der Waals surface area contributed by atoms with Gasteiger partial charge >= 0.3 is 0 Å². The lowest BCUT2D eigenvalue weighted by Gasteiger charge is -2.37. The van der Waals surface area contributed by atoms with Crippen molar-refractivity contribution in [2.75, 3.05) is 4.90 Å². The molecule has 0 saturated heterocycles. The number of allylic oxidation sites excluding steroid dienone is 11. The summed E-state index contributed by atoms with van der Waals surface area (Å²) < 4.78 is 2.40. The van der Waals surface area contributed by atoms with Gasteiger partial charge in [-0.05, 0) is 141 Å². The van der Waals surface area contributed by atoms with Gasteiger partial charge in [-0.3, -0.25) is 0 Å². The molecule has 0 amide bonds. The van der Waals surface area contributed by atoms with Crippen molar-refractivity contribution in [1.29, 1.82) is 0 Å². The summed E-state index contributed by atoms with van der Waals surface area (Å²) in [6.45, 7) is 9.71. The fourth-order valence-corrected chi connectivity index (χ4v) is 12.6. The van der Waals surface area contributed by atoms with Crippen LogP contribution in [0.3, 0.4) is 0 Å². The number of hydrogen-bond acceptors (Lipinski definition) is 1. The normalized spacial score (nSPS) is 19.8. The fourth-order valence-electron chi connectivity index (χ4n) is 12.6. The molecule has 0 radical (unpaired) electrons. The minimum atomic E-state index is -0.234. The standard InChI is InChI=1S/C68H56N2/c1-67(2)51-33-39-55(38-31-50(41-51)59-43-63-60(44-62(59)67)58-25-16-24-56(66(58)68(63,3)4)48-19-10-6-11-20-48)69(53-34-27-46(28-35-53)45-17-8-5-9-18-45)54-36-29-47(30-37-54)49-32-40-65-61(42-49)57-23-14-15-26-64(57)70(65)52-21-12-7-13-22-52/h5-24,26-29,31-36,38-40,42-44,55,58H,25,30,37H2,1-4H3/b38-31-,39-33?. The van der Waals surface area contributed by atoms with E-state index in [1.165, 1.54) is 106 Å². The molecule has 2 unspecified atom stereocenters. The highest BCUT2D eigenvalue weighted by Gasteiger charge is 2.46. The number of rotatable bonds is 7. The van der Waals surface area contributed by atoms with Gasteiger partial charge in [0.25, 0.3) is 0 Å². The second-order valence-electron chi connectivity index (χ2n) is 20.8. The van der Waals surface area contributed by atoms with Gasteiger partial charge in [0, 0.05) is 55.7 Å². The van der Waals surface area contributed by atoms with Crippen LogP contribution in [0.5, 0.6) is 0 Å². The zero-order chi connectivity index (χ0) is 47.1. The predicted molar refractivity (Wildman–Crippen MR) is 295 cm³/mol. The Labute approximate surface area is 412 Å². The first-order valence-corrected chi connectivity index (χ1v) is 25.2. The van der Waals surface area contributed by atoms with E-state index in [9.17, 15) is 0 Å². The minimum Gasteiger partial charge on any atom is -0.335 e. The Bertz CT molecular complexity index is 3690. The van der Waals surface area contributed by atoms with Gasteiger partial charge in [0.15, 0.2) is 0 Å². The molecule has 13 rings (SSSR count). The average molecular weight is 901 g/mol. The molecule has 1 heterocycles. The van der Waals surface area contributed by atoms with E-state index < -0.39 is 0 Å². The van der Waals surface area contributed by atoms with Crippen molar-refractivity contribution in [3.05, 3.63) is 274 Å². The van der Waals surface area contributed by atoms with Gasteiger partial charge in [0.1, 0.15) is 0 Å². The van der Waals surface area contributed by atoms with Crippen LogP contribution in [0.25, 0.3) is 55.3 Å². The van der Waals surface area contributed by atoms with E-state index >= 15 is 0 Å². The van der Waals surface area contributed by atoms with Crippen molar-refractivity contribution in [2.45, 2.75) is 69.7 Å². The van der Waals surface area contributed by atoms with Crippen molar-refractivity contribution in [1.82, 2.24) is 4.57 Å². The number of anilines is 1. The lowest BCUT2D eigenvalue weighted by atomic mass is 9.69. The molecule has 70 heavy (non-hydrogen) atoms. The third kappa shape index (κ3) is 6.77. The van der Waals surface area contributed by atoms with Crippen LogP contribution in [0.2, 0.25) is 0 Å². The van der Waals surface area contributed by atoms with Crippen molar-refractivity contribution in [3.63, 3.8) is 0 Å². The van der Waals surface area contributed by atoms with Gasteiger partial charge in [0.05, 0.1) is 17.1 Å². The number of nitrogens with zero attached hydrogens (tertiary/aromatic N) is 2. The maximum absolute atomic E-state index is 3.97. The molecule has 2 heteroatoms. The van der Waals surface area contributed by atoms with Gasteiger partial charge in [-0.1, -0.05) is 185 Å². The van der Waals surface area contributed by atoms with Crippen LogP contribution < -0.4 is 4.90 Å². The maximum Gasteiger partial charge on any atom is 0.0709 e. The molecule has 7 aromatic carbocycles. The zero-order valence-electron chi connectivity index (χ0n) is 40.5. The molecule has 2 nitrogen and oxygen atoms in total. The number of hydrogen-bond donors (Lipinski definition) is 0. The molecule has 0 aliphatic heterocycles. The zero-order valence-corrected chi connectivity index (χ0v) is 40.5. The van der Waals surface area contributed by atoms with Crippen molar-refractivity contribution < 1.29 is 0 Å². The second-order valence-corrected chi connectivity index (χ2v) is 20.8. The summed E-state index contributed by atoms with van der Waals surface area (Å²) in [5.74, 6) is 0.376. The molecule has 2 atom stereocenters. The molecule has 0 N–H and O–H groups in total. The summed E-state index contributed by atoms with van der Waals surface area (Å²) in [4.78, 5) is 2.57. The Morgan fingerprint density at radius 3 is 1.99 bits per heavy atom.